The number of carbonyl (C=O) groups is 2. The van der Waals surface area contributed by atoms with E-state index in [0.29, 0.717) is 5.02 Å². The Bertz CT molecular complexity index is 1130. The highest BCUT2D eigenvalue weighted by Crippen LogP contribution is 2.21. The van der Waals surface area contributed by atoms with E-state index in [4.69, 9.17) is 16.7 Å². The topological polar surface area (TPSA) is 146 Å². The highest BCUT2D eigenvalue weighted by Gasteiger charge is 2.38. The van der Waals surface area contributed by atoms with Crippen molar-refractivity contribution in [1.82, 2.24) is 15.2 Å². The number of rotatable bonds is 6. The van der Waals surface area contributed by atoms with Crippen LogP contribution in [0.3, 0.4) is 0 Å². The number of nitrogens with zero attached hydrogens (tertiary/aromatic N) is 1. The zero-order valence-corrected chi connectivity index (χ0v) is 20.0. The van der Waals surface area contributed by atoms with Crippen molar-refractivity contribution in [3.05, 3.63) is 70.9 Å². The van der Waals surface area contributed by atoms with Crippen molar-refractivity contribution >= 4 is 34.3 Å². The normalized spacial score (nSPS) is 19.1. The minimum absolute atomic E-state index is 0.0775. The zero-order valence-electron chi connectivity index (χ0n) is 19.3. The summed E-state index contributed by atoms with van der Waals surface area (Å²) in [5.41, 5.74) is 1.83. The summed E-state index contributed by atoms with van der Waals surface area (Å²) in [5.74, 6) is -1.14. The van der Waals surface area contributed by atoms with Gasteiger partial charge in [0.15, 0.2) is 6.10 Å². The number of hydrogen-bond donors (Lipinski definition) is 6. The van der Waals surface area contributed by atoms with Crippen molar-refractivity contribution < 1.29 is 30.0 Å². The van der Waals surface area contributed by atoms with E-state index in [0.717, 1.165) is 16.5 Å². The lowest BCUT2D eigenvalue weighted by Gasteiger charge is -2.27. The number of aliphatic hydroxyl groups is 4. The molecule has 0 radical (unpaired) electrons. The number of H-pyrrole nitrogens is 1. The van der Waals surface area contributed by atoms with Crippen LogP contribution in [0.4, 0.5) is 0 Å². The molecule has 4 rings (SSSR count). The van der Waals surface area contributed by atoms with Crippen molar-refractivity contribution in [2.45, 2.75) is 37.7 Å². The van der Waals surface area contributed by atoms with Crippen molar-refractivity contribution in [3.63, 3.8) is 0 Å². The summed E-state index contributed by atoms with van der Waals surface area (Å²) in [6.45, 7) is 1.78. The number of benzene rings is 2. The summed E-state index contributed by atoms with van der Waals surface area (Å²) in [4.78, 5) is 30.0. The van der Waals surface area contributed by atoms with Crippen molar-refractivity contribution in [2.75, 3.05) is 19.7 Å². The van der Waals surface area contributed by atoms with Crippen LogP contribution in [0.1, 0.15) is 23.0 Å². The number of hydrogen-bond acceptors (Lipinski definition) is 6. The van der Waals surface area contributed by atoms with Crippen LogP contribution in [0.25, 0.3) is 10.9 Å². The fourth-order valence-corrected chi connectivity index (χ4v) is 4.07. The maximum Gasteiger partial charge on any atom is 0.268 e. The highest BCUT2D eigenvalue weighted by atomic mass is 35.5. The second-order valence-corrected chi connectivity index (χ2v) is 8.76. The van der Waals surface area contributed by atoms with E-state index >= 15 is 0 Å². The molecule has 0 spiro atoms. The van der Waals surface area contributed by atoms with Gasteiger partial charge in [-0.3, -0.25) is 9.59 Å². The number of likely N-dealkylation sites (tertiary alicyclic amines) is 1. The molecule has 10 heteroatoms. The van der Waals surface area contributed by atoms with Gasteiger partial charge >= 0.3 is 0 Å². The average Bonchev–Trinajstić information content (AvgIpc) is 3.41. The van der Waals surface area contributed by atoms with Gasteiger partial charge in [-0.1, -0.05) is 41.9 Å². The van der Waals surface area contributed by atoms with Gasteiger partial charge in [0.25, 0.3) is 11.8 Å². The van der Waals surface area contributed by atoms with Crippen LogP contribution in [0.2, 0.25) is 5.02 Å². The third-order valence-corrected chi connectivity index (χ3v) is 5.88. The number of β-amino-alcohol motifs (C(OH)–C–C–N with tert-alkyl or cyclic N) is 2. The summed E-state index contributed by atoms with van der Waals surface area (Å²) < 4.78 is 0. The predicted molar refractivity (Wildman–Crippen MR) is 132 cm³/mol. The predicted octanol–water partition coefficient (Wildman–Crippen LogP) is 1.09. The molecule has 4 atom stereocenters. The molecule has 1 aliphatic heterocycles. The molecular weight excluding hydrogens is 474 g/mol. The van der Waals surface area contributed by atoms with Crippen molar-refractivity contribution in [3.8, 4) is 0 Å². The van der Waals surface area contributed by atoms with Gasteiger partial charge in [0.05, 0.1) is 18.2 Å². The number of aromatic amines is 1. The van der Waals surface area contributed by atoms with E-state index in [9.17, 15) is 24.9 Å². The Morgan fingerprint density at radius 1 is 1.11 bits per heavy atom. The van der Waals surface area contributed by atoms with Crippen LogP contribution in [-0.2, 0) is 11.2 Å². The molecule has 35 heavy (non-hydrogen) atoms. The fraction of sp³-hybridized carbons (Fsp3) is 0.360. The summed E-state index contributed by atoms with van der Waals surface area (Å²) in [6.07, 6.45) is -3.47. The van der Waals surface area contributed by atoms with Crippen LogP contribution >= 0.6 is 11.6 Å². The van der Waals surface area contributed by atoms with E-state index in [1.165, 1.54) is 4.90 Å². The van der Waals surface area contributed by atoms with Gasteiger partial charge in [0, 0.05) is 35.6 Å². The highest BCUT2D eigenvalue weighted by molar-refractivity contribution is 6.31. The Balaban J connectivity index is 0.00000108. The van der Waals surface area contributed by atoms with Crippen LogP contribution in [0.15, 0.2) is 54.6 Å². The van der Waals surface area contributed by atoms with Crippen LogP contribution in [0, 0.1) is 0 Å². The molecule has 0 saturated carbocycles. The first-order valence-electron chi connectivity index (χ1n) is 11.3. The van der Waals surface area contributed by atoms with Gasteiger partial charge in [0.1, 0.15) is 5.69 Å². The molecule has 1 aromatic heterocycles. The molecule has 2 aromatic carbocycles. The number of nitrogens with one attached hydrogen (secondary N) is 2. The molecule has 6 N–H and O–H groups in total. The Kier molecular flexibility index (Phi) is 9.25. The fourth-order valence-electron chi connectivity index (χ4n) is 3.89. The molecule has 3 aromatic rings. The minimum atomic E-state index is -1.56. The number of carbonyl (C=O) groups excluding carboxylic acids is 2. The summed E-state index contributed by atoms with van der Waals surface area (Å²) in [5, 5.41) is 42.0. The van der Waals surface area contributed by atoms with Gasteiger partial charge in [-0.15, -0.1) is 0 Å². The molecule has 1 fully saturated rings. The van der Waals surface area contributed by atoms with E-state index in [1.54, 1.807) is 31.2 Å². The lowest BCUT2D eigenvalue weighted by atomic mass is 10.00. The maximum atomic E-state index is 13.0. The molecule has 2 amide bonds. The summed E-state index contributed by atoms with van der Waals surface area (Å²) in [6, 6.07) is 15.1. The number of fused-ring (bicyclic) bond motifs is 1. The Morgan fingerprint density at radius 3 is 2.37 bits per heavy atom. The molecule has 0 bridgehead atoms. The van der Waals surface area contributed by atoms with Crippen LogP contribution < -0.4 is 5.32 Å². The Labute approximate surface area is 208 Å². The monoisotopic (exact) mass is 503 g/mol. The second kappa shape index (κ2) is 12.1. The molecule has 188 valence electrons. The SMILES string of the molecule is CCO.O=C(N[C@@H](Cc1ccccc1)[C@@H](O)C(=O)N1C[C@@H](O)[C@@H](O)C1)c1cc2cc(Cl)ccc2[nH]1. The van der Waals surface area contributed by atoms with Crippen molar-refractivity contribution in [1.29, 1.82) is 0 Å². The third-order valence-electron chi connectivity index (χ3n) is 5.65. The Hall–Kier alpha value is -2.95. The van der Waals surface area contributed by atoms with Gasteiger partial charge in [-0.05, 0) is 43.2 Å². The third kappa shape index (κ3) is 6.81. The Morgan fingerprint density at radius 2 is 1.74 bits per heavy atom. The van der Waals surface area contributed by atoms with Gasteiger partial charge in [-0.2, -0.15) is 0 Å². The van der Waals surface area contributed by atoms with E-state index < -0.39 is 36.2 Å². The van der Waals surface area contributed by atoms with Crippen molar-refractivity contribution in [2.24, 2.45) is 0 Å². The van der Waals surface area contributed by atoms with E-state index in [2.05, 4.69) is 10.3 Å². The lowest BCUT2D eigenvalue weighted by molar-refractivity contribution is -0.141. The minimum Gasteiger partial charge on any atom is -0.397 e. The molecule has 0 aliphatic carbocycles. The second-order valence-electron chi connectivity index (χ2n) is 8.32. The van der Waals surface area contributed by atoms with E-state index in [-0.39, 0.29) is 31.8 Å². The maximum absolute atomic E-state index is 13.0. The first-order valence-corrected chi connectivity index (χ1v) is 11.7. The standard InChI is InChI=1S/C23H24ClN3O5.C2H6O/c24-15-6-7-16-14(9-15)10-18(25-16)22(31)26-17(8-13-4-2-1-3-5-13)21(30)23(32)27-11-19(28)20(29)12-27;1-2-3/h1-7,9-10,17,19-21,25,28-30H,8,11-12H2,(H,26,31);3H,2H2,1H3/t17-,19-,20+,21+;/m0./s1. The molecule has 0 unspecified atom stereocenters. The number of aliphatic hydroxyl groups excluding tert-OH is 4. The molecule has 1 saturated heterocycles. The average molecular weight is 504 g/mol. The first-order chi connectivity index (χ1) is 16.7. The number of halogens is 1. The summed E-state index contributed by atoms with van der Waals surface area (Å²) >= 11 is 6.02. The first kappa shape index (κ1) is 26.7. The van der Waals surface area contributed by atoms with Gasteiger partial charge < -0.3 is 35.6 Å². The van der Waals surface area contributed by atoms with E-state index in [1.807, 2.05) is 30.3 Å². The van der Waals surface area contributed by atoms with Gasteiger partial charge in [0.2, 0.25) is 0 Å². The zero-order chi connectivity index (χ0) is 25.5. The molecule has 1 aliphatic rings. The lowest BCUT2D eigenvalue weighted by Crippen LogP contribution is -2.52. The molecular formula is C25H30ClN3O6. The molecule has 2 heterocycles. The number of aromatic nitrogens is 1. The van der Waals surface area contributed by atoms with Gasteiger partial charge in [-0.25, -0.2) is 0 Å². The van der Waals surface area contributed by atoms with Crippen LogP contribution in [-0.4, -0.2) is 86.2 Å². The number of amides is 2. The largest absolute Gasteiger partial charge is 0.397 e. The smallest absolute Gasteiger partial charge is 0.268 e. The molecule has 9 nitrogen and oxygen atoms in total. The van der Waals surface area contributed by atoms with Crippen LogP contribution in [0.5, 0.6) is 0 Å². The quantitative estimate of drug-likeness (QED) is 0.297. The summed E-state index contributed by atoms with van der Waals surface area (Å²) in [7, 11) is 0.